The van der Waals surface area contributed by atoms with E-state index < -0.39 is 31.3 Å². The van der Waals surface area contributed by atoms with Gasteiger partial charge in [-0.2, -0.15) is 14.8 Å². The summed E-state index contributed by atoms with van der Waals surface area (Å²) in [4.78, 5) is 1.77. The van der Waals surface area contributed by atoms with Crippen LogP contribution in [0.4, 0.5) is 0 Å². The molecule has 0 aliphatic rings. The molecule has 5 unspecified atom stereocenters. The molecule has 0 heterocycles. The van der Waals surface area contributed by atoms with Crippen LogP contribution >= 0.6 is 42.6 Å². The van der Waals surface area contributed by atoms with E-state index in [1.807, 2.05) is 71.4 Å². The highest BCUT2D eigenvalue weighted by molar-refractivity contribution is 8.04. The van der Waals surface area contributed by atoms with E-state index in [0.717, 1.165) is 42.6 Å². The van der Waals surface area contributed by atoms with Crippen LogP contribution in [-0.2, 0) is 25.4 Å². The lowest BCUT2D eigenvalue weighted by molar-refractivity contribution is -0.106. The Morgan fingerprint density at radius 2 is 1.47 bits per heavy atom. The molecule has 0 saturated heterocycles. The van der Waals surface area contributed by atoms with Crippen molar-refractivity contribution in [2.75, 3.05) is 28.3 Å². The minimum absolute atomic E-state index is 0.556. The molecule has 0 aromatic heterocycles. The van der Waals surface area contributed by atoms with E-state index in [-0.39, 0.29) is 0 Å². The molecule has 5 atom stereocenters. The number of rotatable bonds is 20. The summed E-state index contributed by atoms with van der Waals surface area (Å²) in [6.45, 7) is 6.67. The standard InChI is InChI=1S/C28H51N6O5P5S/c1-9-27(10-2,33(41)34(42)31-40)38-24-17-13-22(14-18-24)21-30-32(6)43(45)28(11-3,12-4)39-25-19-15-23(16-20-25)26(29-5)44(35,36-7)37-8/h13-21,26,29,31,43H,9-12,40-42H2,1-8H3/b30-21+. The first-order chi connectivity index (χ1) is 21.4. The second kappa shape index (κ2) is 18.8. The molecule has 0 aliphatic heterocycles. The molecule has 0 fully saturated rings. The number of nitrogens with one attached hydrogen (secondary N) is 2. The molecule has 17 heteroatoms. The lowest BCUT2D eigenvalue weighted by atomic mass is 10.1. The molecule has 2 N–H and O–H groups in total. The maximum absolute atomic E-state index is 13.0. The third-order valence-corrected chi connectivity index (χ3v) is 16.2. The Kier molecular flexibility index (Phi) is 17.0. The van der Waals surface area contributed by atoms with E-state index >= 15 is 0 Å². The summed E-state index contributed by atoms with van der Waals surface area (Å²) in [6, 6.07) is 15.3. The highest BCUT2D eigenvalue weighted by Gasteiger charge is 2.37. The fourth-order valence-electron chi connectivity index (χ4n) is 4.84. The van der Waals surface area contributed by atoms with Crippen molar-refractivity contribution in [2.45, 2.75) is 70.2 Å². The van der Waals surface area contributed by atoms with Crippen LogP contribution in [0, 0.1) is 0 Å². The summed E-state index contributed by atoms with van der Waals surface area (Å²) in [5.74, 6) is 0.832. The van der Waals surface area contributed by atoms with Gasteiger partial charge in [0.25, 0.3) is 0 Å². The molecule has 45 heavy (non-hydrogen) atoms. The Morgan fingerprint density at radius 3 is 1.91 bits per heavy atom. The normalized spacial score (nSPS) is 14.2. The fraction of sp³-hybridized carbons (Fsp3) is 0.536. The van der Waals surface area contributed by atoms with Crippen molar-refractivity contribution < 1.29 is 23.1 Å². The molecular formula is C28H51N6O5P5S. The first kappa shape index (κ1) is 40.6. The predicted octanol–water partition coefficient (Wildman–Crippen LogP) is 7.13. The van der Waals surface area contributed by atoms with Gasteiger partial charge in [-0.3, -0.25) is 9.34 Å². The molecule has 254 valence electrons. The molecule has 0 spiro atoms. The molecule has 2 aromatic rings. The predicted molar refractivity (Wildman–Crippen MR) is 201 cm³/mol. The maximum Gasteiger partial charge on any atom is 0.351 e. The van der Waals surface area contributed by atoms with E-state index in [1.165, 1.54) is 14.2 Å². The third kappa shape index (κ3) is 9.98. The number of benzene rings is 2. The highest BCUT2D eigenvalue weighted by Crippen LogP contribution is 2.58. The summed E-state index contributed by atoms with van der Waals surface area (Å²) < 4.78 is 40.3. The van der Waals surface area contributed by atoms with Crippen LogP contribution in [0.2, 0.25) is 0 Å². The second-order valence-corrected chi connectivity index (χ2v) is 17.1. The highest BCUT2D eigenvalue weighted by atomic mass is 32.4. The van der Waals surface area contributed by atoms with Crippen molar-refractivity contribution in [2.24, 2.45) is 5.10 Å². The quantitative estimate of drug-likeness (QED) is 0.0629. The Morgan fingerprint density at radius 1 is 0.956 bits per heavy atom. The zero-order valence-electron chi connectivity index (χ0n) is 27.5. The first-order valence-corrected chi connectivity index (χ1v) is 20.5. The van der Waals surface area contributed by atoms with E-state index in [9.17, 15) is 4.57 Å². The van der Waals surface area contributed by atoms with Gasteiger partial charge < -0.3 is 23.8 Å². The van der Waals surface area contributed by atoms with Crippen LogP contribution in [-0.4, -0.2) is 60.0 Å². The molecule has 2 aromatic carbocycles. The van der Waals surface area contributed by atoms with Gasteiger partial charge in [0.2, 0.25) is 0 Å². The Bertz CT molecular complexity index is 1280. The first-order valence-electron chi connectivity index (χ1n) is 14.7. The van der Waals surface area contributed by atoms with Crippen molar-refractivity contribution in [3.63, 3.8) is 0 Å². The molecule has 0 bridgehead atoms. The molecule has 0 aliphatic carbocycles. The van der Waals surface area contributed by atoms with Crippen molar-refractivity contribution in [1.82, 2.24) is 25.0 Å². The second-order valence-electron chi connectivity index (χ2n) is 10.2. The van der Waals surface area contributed by atoms with Crippen LogP contribution in [0.3, 0.4) is 0 Å². The maximum atomic E-state index is 13.0. The molecule has 11 nitrogen and oxygen atoms in total. The number of nitrogens with zero attached hydrogens (tertiary/aromatic N) is 4. The number of ether oxygens (including phenoxy) is 2. The molecule has 0 radical (unpaired) electrons. The lowest BCUT2D eigenvalue weighted by Gasteiger charge is -2.43. The zero-order valence-corrected chi connectivity index (χ0v) is 33.7. The zero-order chi connectivity index (χ0) is 33.8. The topological polar surface area (TPSA) is 100 Å². The van der Waals surface area contributed by atoms with E-state index in [0.29, 0.717) is 5.75 Å². The van der Waals surface area contributed by atoms with Crippen molar-refractivity contribution >= 4 is 60.6 Å². The number of hydrogen-bond donors (Lipinski definition) is 2. The van der Waals surface area contributed by atoms with Gasteiger partial charge in [-0.1, -0.05) is 61.0 Å². The van der Waals surface area contributed by atoms with Crippen LogP contribution in [0.25, 0.3) is 0 Å². The molecule has 0 amide bonds. The summed E-state index contributed by atoms with van der Waals surface area (Å²) in [6.07, 6.45) is 4.79. The monoisotopic (exact) mass is 738 g/mol. The van der Waals surface area contributed by atoms with Crippen LogP contribution < -0.4 is 20.0 Å². The van der Waals surface area contributed by atoms with Gasteiger partial charge in [0.15, 0.2) is 11.1 Å². The van der Waals surface area contributed by atoms with E-state index in [1.54, 1.807) is 11.9 Å². The van der Waals surface area contributed by atoms with Crippen molar-refractivity contribution in [1.29, 1.82) is 0 Å². The Labute approximate surface area is 282 Å². The van der Waals surface area contributed by atoms with Gasteiger partial charge in [-0.05, 0) is 99.0 Å². The van der Waals surface area contributed by atoms with Gasteiger partial charge in [0.05, 0.1) is 13.1 Å². The van der Waals surface area contributed by atoms with Crippen LogP contribution in [0.5, 0.6) is 11.5 Å². The largest absolute Gasteiger partial charge is 0.480 e. The van der Waals surface area contributed by atoms with Gasteiger partial charge in [0, 0.05) is 21.3 Å². The van der Waals surface area contributed by atoms with E-state index in [4.69, 9.17) is 35.4 Å². The van der Waals surface area contributed by atoms with Gasteiger partial charge >= 0.3 is 7.60 Å². The number of hydrazine groups is 2. The van der Waals surface area contributed by atoms with Gasteiger partial charge in [-0.25, -0.2) is 5.20 Å². The third-order valence-electron chi connectivity index (χ3n) is 7.89. The minimum Gasteiger partial charge on any atom is -0.480 e. The van der Waals surface area contributed by atoms with Crippen molar-refractivity contribution in [3.05, 3.63) is 59.7 Å². The summed E-state index contributed by atoms with van der Waals surface area (Å²) >= 11 is 6.11. The molecule has 0 saturated carbocycles. The fourth-order valence-corrected chi connectivity index (χ4v) is 9.91. The van der Waals surface area contributed by atoms with Gasteiger partial charge in [0.1, 0.15) is 17.3 Å². The SMILES string of the molecule is CCC(CC)(Oc1ccc(/C=N/N(C)[PH](=S)C(CC)(CC)Oc2ccc(C(NC)P(=O)(OC)OC)cc2)cc1)N(P)N(P)NP. The van der Waals surface area contributed by atoms with E-state index in [2.05, 4.69) is 66.4 Å². The van der Waals surface area contributed by atoms with Gasteiger partial charge in [-0.15, -0.1) is 0 Å². The van der Waals surface area contributed by atoms with Crippen molar-refractivity contribution in [3.8, 4) is 11.5 Å². The van der Waals surface area contributed by atoms with Crippen LogP contribution in [0.1, 0.15) is 70.3 Å². The average molecular weight is 739 g/mol. The summed E-state index contributed by atoms with van der Waals surface area (Å²) in [7, 11) is 10.8. The number of hydrogen-bond acceptors (Lipinski definition) is 11. The molecular weight excluding hydrogens is 687 g/mol. The Hall–Kier alpha value is -0.560. The van der Waals surface area contributed by atoms with Crippen LogP contribution in [0.15, 0.2) is 53.6 Å². The minimum atomic E-state index is -3.37. The molecule has 2 rings (SSSR count). The smallest absolute Gasteiger partial charge is 0.351 e. The lowest BCUT2D eigenvalue weighted by Crippen LogP contribution is -2.53. The number of hydrazone groups is 1. The summed E-state index contributed by atoms with van der Waals surface area (Å²) in [5, 5.41) is 10.2. The summed E-state index contributed by atoms with van der Waals surface area (Å²) in [5.41, 5.74) is 1.14. The average Bonchev–Trinajstić information content (AvgIpc) is 3.08. The Balaban J connectivity index is 2.19.